The van der Waals surface area contributed by atoms with Crippen LogP contribution in [0.3, 0.4) is 0 Å². The maximum atomic E-state index is 13.1. The van der Waals surface area contributed by atoms with Crippen LogP contribution >= 0.6 is 15.9 Å². The van der Waals surface area contributed by atoms with E-state index in [1.54, 1.807) is 13.0 Å². The van der Waals surface area contributed by atoms with E-state index in [9.17, 15) is 4.39 Å². The SMILES string of the molecule is Cc1nc(C2CN(Cc3ccc(F)cc3Br)CCO2)no1. The van der Waals surface area contributed by atoms with Crippen LogP contribution in [0.2, 0.25) is 0 Å². The minimum absolute atomic E-state index is 0.185. The molecular weight excluding hydrogens is 341 g/mol. The highest BCUT2D eigenvalue weighted by molar-refractivity contribution is 9.10. The second-order valence-electron chi connectivity index (χ2n) is 5.00. The molecule has 1 aromatic carbocycles. The largest absolute Gasteiger partial charge is 0.367 e. The van der Waals surface area contributed by atoms with Crippen LogP contribution < -0.4 is 0 Å². The van der Waals surface area contributed by atoms with E-state index in [0.717, 1.165) is 23.1 Å². The second-order valence-corrected chi connectivity index (χ2v) is 5.86. The molecule has 0 N–H and O–H groups in total. The highest BCUT2D eigenvalue weighted by atomic mass is 79.9. The Morgan fingerprint density at radius 1 is 1.48 bits per heavy atom. The third kappa shape index (κ3) is 3.48. The summed E-state index contributed by atoms with van der Waals surface area (Å²) in [4.78, 5) is 6.45. The van der Waals surface area contributed by atoms with Gasteiger partial charge in [0.15, 0.2) is 0 Å². The number of aryl methyl sites for hydroxylation is 1. The molecule has 3 rings (SSSR count). The van der Waals surface area contributed by atoms with Gasteiger partial charge in [0.2, 0.25) is 11.7 Å². The average molecular weight is 356 g/mol. The quantitative estimate of drug-likeness (QED) is 0.847. The van der Waals surface area contributed by atoms with Crippen molar-refractivity contribution < 1.29 is 13.7 Å². The predicted molar refractivity (Wildman–Crippen MR) is 77.1 cm³/mol. The van der Waals surface area contributed by atoms with Gasteiger partial charge in [-0.05, 0) is 17.7 Å². The zero-order chi connectivity index (χ0) is 14.8. The Kier molecular flexibility index (Phi) is 4.32. The molecule has 0 saturated carbocycles. The molecule has 1 fully saturated rings. The molecule has 2 heterocycles. The Balaban J connectivity index is 1.68. The Bertz CT molecular complexity index is 634. The van der Waals surface area contributed by atoms with Crippen LogP contribution in [0.5, 0.6) is 0 Å². The number of nitrogens with zero attached hydrogens (tertiary/aromatic N) is 3. The first-order valence-corrected chi connectivity index (χ1v) is 7.49. The molecule has 2 aromatic rings. The molecular formula is C14H15BrFN3O2. The molecule has 1 aliphatic heterocycles. The summed E-state index contributed by atoms with van der Waals surface area (Å²) < 4.78 is 24.6. The number of aromatic nitrogens is 2. The molecule has 0 radical (unpaired) electrons. The summed E-state index contributed by atoms with van der Waals surface area (Å²) in [5.74, 6) is 0.870. The van der Waals surface area contributed by atoms with Crippen molar-refractivity contribution in [2.75, 3.05) is 19.7 Å². The van der Waals surface area contributed by atoms with Crippen molar-refractivity contribution in [1.82, 2.24) is 15.0 Å². The Morgan fingerprint density at radius 3 is 3.05 bits per heavy atom. The third-order valence-corrected chi connectivity index (χ3v) is 4.13. The van der Waals surface area contributed by atoms with Crippen LogP contribution in [0, 0.1) is 12.7 Å². The van der Waals surface area contributed by atoms with E-state index in [1.807, 2.05) is 0 Å². The fourth-order valence-corrected chi connectivity index (χ4v) is 2.82. The first-order valence-electron chi connectivity index (χ1n) is 6.70. The van der Waals surface area contributed by atoms with Gasteiger partial charge in [0.05, 0.1) is 6.61 Å². The van der Waals surface area contributed by atoms with E-state index < -0.39 is 0 Å². The van der Waals surface area contributed by atoms with Crippen LogP contribution in [0.4, 0.5) is 4.39 Å². The van der Waals surface area contributed by atoms with E-state index in [4.69, 9.17) is 9.26 Å². The van der Waals surface area contributed by atoms with E-state index in [-0.39, 0.29) is 11.9 Å². The zero-order valence-corrected chi connectivity index (χ0v) is 13.1. The molecule has 1 aliphatic rings. The molecule has 0 spiro atoms. The van der Waals surface area contributed by atoms with E-state index in [0.29, 0.717) is 24.9 Å². The molecule has 1 saturated heterocycles. The number of hydrogen-bond acceptors (Lipinski definition) is 5. The first kappa shape index (κ1) is 14.6. The van der Waals surface area contributed by atoms with Gasteiger partial charge < -0.3 is 9.26 Å². The van der Waals surface area contributed by atoms with Gasteiger partial charge in [-0.2, -0.15) is 4.98 Å². The lowest BCUT2D eigenvalue weighted by Crippen LogP contribution is -2.38. The van der Waals surface area contributed by atoms with Gasteiger partial charge in [-0.1, -0.05) is 27.2 Å². The average Bonchev–Trinajstić information content (AvgIpc) is 2.89. The van der Waals surface area contributed by atoms with Crippen molar-refractivity contribution in [3.05, 3.63) is 45.8 Å². The second kappa shape index (κ2) is 6.21. The van der Waals surface area contributed by atoms with Crippen molar-refractivity contribution in [1.29, 1.82) is 0 Å². The Hall–Kier alpha value is -1.31. The lowest BCUT2D eigenvalue weighted by Gasteiger charge is -2.31. The van der Waals surface area contributed by atoms with E-state index >= 15 is 0 Å². The highest BCUT2D eigenvalue weighted by Crippen LogP contribution is 2.24. The van der Waals surface area contributed by atoms with Crippen molar-refractivity contribution >= 4 is 15.9 Å². The molecule has 21 heavy (non-hydrogen) atoms. The van der Waals surface area contributed by atoms with Crippen molar-refractivity contribution in [2.24, 2.45) is 0 Å². The lowest BCUT2D eigenvalue weighted by atomic mass is 10.2. The summed E-state index contributed by atoms with van der Waals surface area (Å²) in [6, 6.07) is 4.75. The molecule has 0 amide bonds. The summed E-state index contributed by atoms with van der Waals surface area (Å²) in [5.41, 5.74) is 1.04. The van der Waals surface area contributed by atoms with Gasteiger partial charge in [-0.3, -0.25) is 4.90 Å². The van der Waals surface area contributed by atoms with Crippen LogP contribution in [-0.2, 0) is 11.3 Å². The number of benzene rings is 1. The van der Waals surface area contributed by atoms with Gasteiger partial charge in [0, 0.05) is 31.0 Å². The minimum atomic E-state index is -0.243. The number of hydrogen-bond donors (Lipinski definition) is 0. The van der Waals surface area contributed by atoms with Gasteiger partial charge in [0.25, 0.3) is 0 Å². The maximum Gasteiger partial charge on any atom is 0.223 e. The van der Waals surface area contributed by atoms with Gasteiger partial charge in [0.1, 0.15) is 11.9 Å². The standard InChI is InChI=1S/C14H15BrFN3O2/c1-9-17-14(18-21-9)13-8-19(4-5-20-13)7-10-2-3-11(16)6-12(10)15/h2-3,6,13H,4-5,7-8H2,1H3. The molecule has 1 unspecified atom stereocenters. The fourth-order valence-electron chi connectivity index (χ4n) is 2.34. The first-order chi connectivity index (χ1) is 10.1. The van der Waals surface area contributed by atoms with E-state index in [2.05, 4.69) is 31.0 Å². The molecule has 112 valence electrons. The molecule has 1 atom stereocenters. The number of ether oxygens (including phenoxy) is 1. The molecule has 7 heteroatoms. The highest BCUT2D eigenvalue weighted by Gasteiger charge is 2.26. The van der Waals surface area contributed by atoms with Crippen molar-refractivity contribution in [3.8, 4) is 0 Å². The minimum Gasteiger partial charge on any atom is -0.367 e. The summed E-state index contributed by atoms with van der Waals surface area (Å²) in [6.07, 6.45) is -0.185. The Morgan fingerprint density at radius 2 is 2.33 bits per heavy atom. The summed E-state index contributed by atoms with van der Waals surface area (Å²) >= 11 is 3.40. The molecule has 0 bridgehead atoms. The monoisotopic (exact) mass is 355 g/mol. The van der Waals surface area contributed by atoms with Crippen LogP contribution in [0.15, 0.2) is 27.2 Å². The number of morpholine rings is 1. The van der Waals surface area contributed by atoms with Gasteiger partial charge in [-0.25, -0.2) is 4.39 Å². The zero-order valence-electron chi connectivity index (χ0n) is 11.6. The van der Waals surface area contributed by atoms with Crippen LogP contribution in [-0.4, -0.2) is 34.7 Å². The smallest absolute Gasteiger partial charge is 0.223 e. The third-order valence-electron chi connectivity index (χ3n) is 3.39. The summed E-state index contributed by atoms with van der Waals surface area (Å²) in [6.45, 7) is 4.58. The maximum absolute atomic E-state index is 13.1. The van der Waals surface area contributed by atoms with Crippen LogP contribution in [0.1, 0.15) is 23.4 Å². The van der Waals surface area contributed by atoms with Crippen molar-refractivity contribution in [2.45, 2.75) is 19.6 Å². The molecule has 5 nitrogen and oxygen atoms in total. The lowest BCUT2D eigenvalue weighted by molar-refractivity contribution is -0.0381. The van der Waals surface area contributed by atoms with Crippen LogP contribution in [0.25, 0.3) is 0 Å². The van der Waals surface area contributed by atoms with Crippen molar-refractivity contribution in [3.63, 3.8) is 0 Å². The number of rotatable bonds is 3. The molecule has 0 aliphatic carbocycles. The number of halogens is 2. The summed E-state index contributed by atoms with van der Waals surface area (Å²) in [7, 11) is 0. The fraction of sp³-hybridized carbons (Fsp3) is 0.429. The van der Waals surface area contributed by atoms with Gasteiger partial charge >= 0.3 is 0 Å². The van der Waals surface area contributed by atoms with Gasteiger partial charge in [-0.15, -0.1) is 0 Å². The Labute approximate surface area is 130 Å². The normalized spacial score (nSPS) is 19.9. The topological polar surface area (TPSA) is 51.4 Å². The molecule has 1 aromatic heterocycles. The predicted octanol–water partition coefficient (Wildman–Crippen LogP) is 2.85. The van der Waals surface area contributed by atoms with E-state index in [1.165, 1.54) is 12.1 Å². The summed E-state index contributed by atoms with van der Waals surface area (Å²) in [5, 5.41) is 3.91.